The van der Waals surface area contributed by atoms with Gasteiger partial charge >= 0.3 is 0 Å². The molecule has 0 radical (unpaired) electrons. The summed E-state index contributed by atoms with van der Waals surface area (Å²) in [7, 11) is 2.22. The molecule has 100 valence electrons. The molecule has 2 N–H and O–H groups in total. The van der Waals surface area contributed by atoms with Crippen LogP contribution in [0.15, 0.2) is 18.2 Å². The van der Waals surface area contributed by atoms with Crippen molar-refractivity contribution in [2.24, 2.45) is 5.73 Å². The van der Waals surface area contributed by atoms with Gasteiger partial charge in [-0.2, -0.15) is 0 Å². The number of nitrogens with zero attached hydrogens (tertiary/aromatic N) is 1. The van der Waals surface area contributed by atoms with Gasteiger partial charge in [-0.05, 0) is 44.9 Å². The van der Waals surface area contributed by atoms with Crippen LogP contribution in [0.5, 0.6) is 0 Å². The van der Waals surface area contributed by atoms with Crippen LogP contribution >= 0.6 is 0 Å². The van der Waals surface area contributed by atoms with Crippen molar-refractivity contribution >= 4 is 0 Å². The first-order valence-corrected chi connectivity index (χ1v) is 7.11. The molecule has 1 aliphatic carbocycles. The highest BCUT2D eigenvalue weighted by Crippen LogP contribution is 2.24. The van der Waals surface area contributed by atoms with Gasteiger partial charge in [0, 0.05) is 18.6 Å². The molecule has 18 heavy (non-hydrogen) atoms. The highest BCUT2D eigenvalue weighted by atomic mass is 15.1. The fourth-order valence-corrected chi connectivity index (χ4v) is 3.14. The molecule has 0 amide bonds. The number of rotatable bonds is 4. The molecule has 0 aromatic heterocycles. The molecule has 0 aliphatic heterocycles. The molecule has 1 aromatic rings. The Bertz CT molecular complexity index is 394. The van der Waals surface area contributed by atoms with Crippen molar-refractivity contribution in [2.75, 3.05) is 13.6 Å². The van der Waals surface area contributed by atoms with Crippen LogP contribution in [0.1, 0.15) is 48.4 Å². The lowest BCUT2D eigenvalue weighted by molar-refractivity contribution is 0.231. The molecule has 1 atom stereocenters. The van der Waals surface area contributed by atoms with Gasteiger partial charge in [0.1, 0.15) is 0 Å². The Labute approximate surface area is 111 Å². The second-order valence-corrected chi connectivity index (χ2v) is 5.84. The average molecular weight is 246 g/mol. The average Bonchev–Trinajstić information content (AvgIpc) is 2.81. The van der Waals surface area contributed by atoms with E-state index in [1.165, 1.54) is 42.4 Å². The van der Waals surface area contributed by atoms with Crippen LogP contribution in [0.3, 0.4) is 0 Å². The van der Waals surface area contributed by atoms with E-state index in [1.807, 2.05) is 0 Å². The Morgan fingerprint density at radius 3 is 2.56 bits per heavy atom. The van der Waals surface area contributed by atoms with E-state index in [9.17, 15) is 0 Å². The van der Waals surface area contributed by atoms with E-state index >= 15 is 0 Å². The molecule has 2 rings (SSSR count). The predicted octanol–water partition coefficient (Wildman–Crippen LogP) is 3.18. The zero-order valence-corrected chi connectivity index (χ0v) is 11.9. The second kappa shape index (κ2) is 5.85. The summed E-state index contributed by atoms with van der Waals surface area (Å²) < 4.78 is 0. The second-order valence-electron chi connectivity index (χ2n) is 5.84. The van der Waals surface area contributed by atoms with Gasteiger partial charge in [0.2, 0.25) is 0 Å². The Morgan fingerprint density at radius 2 is 1.94 bits per heavy atom. The fraction of sp³-hybridized carbons (Fsp3) is 0.625. The monoisotopic (exact) mass is 246 g/mol. The molecule has 1 fully saturated rings. The van der Waals surface area contributed by atoms with Crippen LogP contribution < -0.4 is 5.73 Å². The maximum Gasteiger partial charge on any atom is 0.0426 e. The number of nitrogens with two attached hydrogens (primary N) is 1. The van der Waals surface area contributed by atoms with Crippen molar-refractivity contribution in [2.45, 2.75) is 51.6 Å². The summed E-state index contributed by atoms with van der Waals surface area (Å²) in [6, 6.07) is 7.47. The number of likely N-dealkylation sites (N-methyl/N-ethyl adjacent to an activating group) is 1. The van der Waals surface area contributed by atoms with Gasteiger partial charge in [0.05, 0.1) is 0 Å². The van der Waals surface area contributed by atoms with E-state index in [1.54, 1.807) is 0 Å². The molecular weight excluding hydrogens is 220 g/mol. The molecular formula is C16H26N2. The van der Waals surface area contributed by atoms with E-state index in [2.05, 4.69) is 44.0 Å². The smallest absolute Gasteiger partial charge is 0.0426 e. The van der Waals surface area contributed by atoms with E-state index in [0.29, 0.717) is 0 Å². The first-order chi connectivity index (χ1) is 8.58. The van der Waals surface area contributed by atoms with E-state index in [0.717, 1.165) is 12.6 Å². The molecule has 1 aromatic carbocycles. The Morgan fingerprint density at radius 1 is 1.28 bits per heavy atom. The summed E-state index contributed by atoms with van der Waals surface area (Å²) in [5.41, 5.74) is 10.3. The van der Waals surface area contributed by atoms with E-state index in [4.69, 9.17) is 5.73 Å². The van der Waals surface area contributed by atoms with Gasteiger partial charge < -0.3 is 10.6 Å². The maximum atomic E-state index is 6.37. The largest absolute Gasteiger partial charge is 0.323 e. The lowest BCUT2D eigenvalue weighted by atomic mass is 9.99. The Balaban J connectivity index is 2.00. The topological polar surface area (TPSA) is 29.3 Å². The SMILES string of the molecule is Cc1ccc(C(N)CN(C)C2CCCC2)c(C)c1. The molecule has 1 saturated carbocycles. The lowest BCUT2D eigenvalue weighted by Gasteiger charge is -2.28. The van der Waals surface area contributed by atoms with Crippen molar-refractivity contribution in [1.82, 2.24) is 4.90 Å². The third-order valence-corrected chi connectivity index (χ3v) is 4.26. The lowest BCUT2D eigenvalue weighted by Crippen LogP contribution is -2.35. The van der Waals surface area contributed by atoms with Crippen molar-refractivity contribution < 1.29 is 0 Å². The third-order valence-electron chi connectivity index (χ3n) is 4.26. The van der Waals surface area contributed by atoms with Crippen LogP contribution in [0.2, 0.25) is 0 Å². The van der Waals surface area contributed by atoms with Crippen molar-refractivity contribution in [3.05, 3.63) is 34.9 Å². The first kappa shape index (κ1) is 13.6. The third kappa shape index (κ3) is 3.12. The van der Waals surface area contributed by atoms with Crippen LogP contribution in [0.25, 0.3) is 0 Å². The van der Waals surface area contributed by atoms with Crippen LogP contribution in [-0.2, 0) is 0 Å². The molecule has 0 saturated heterocycles. The molecule has 2 heteroatoms. The van der Waals surface area contributed by atoms with Gasteiger partial charge in [0.15, 0.2) is 0 Å². The van der Waals surface area contributed by atoms with Crippen LogP contribution in [0, 0.1) is 13.8 Å². The minimum Gasteiger partial charge on any atom is -0.323 e. The van der Waals surface area contributed by atoms with Gasteiger partial charge in [-0.3, -0.25) is 0 Å². The van der Waals surface area contributed by atoms with Crippen LogP contribution in [-0.4, -0.2) is 24.5 Å². The highest BCUT2D eigenvalue weighted by Gasteiger charge is 2.21. The van der Waals surface area contributed by atoms with Gasteiger partial charge in [-0.1, -0.05) is 36.6 Å². The zero-order valence-electron chi connectivity index (χ0n) is 11.9. The van der Waals surface area contributed by atoms with Gasteiger partial charge in [-0.25, -0.2) is 0 Å². The fourth-order valence-electron chi connectivity index (χ4n) is 3.14. The molecule has 0 bridgehead atoms. The minimum absolute atomic E-state index is 0.135. The van der Waals surface area contributed by atoms with E-state index in [-0.39, 0.29) is 6.04 Å². The van der Waals surface area contributed by atoms with Crippen molar-refractivity contribution in [3.8, 4) is 0 Å². The highest BCUT2D eigenvalue weighted by molar-refractivity contribution is 5.32. The summed E-state index contributed by atoms with van der Waals surface area (Å²) in [6.07, 6.45) is 5.45. The van der Waals surface area contributed by atoms with Crippen molar-refractivity contribution in [3.63, 3.8) is 0 Å². The Kier molecular flexibility index (Phi) is 4.41. The number of hydrogen-bond donors (Lipinski definition) is 1. The maximum absolute atomic E-state index is 6.37. The van der Waals surface area contributed by atoms with Crippen LogP contribution in [0.4, 0.5) is 0 Å². The minimum atomic E-state index is 0.135. The molecule has 0 heterocycles. The Hall–Kier alpha value is -0.860. The normalized spacial score (nSPS) is 18.5. The molecule has 0 spiro atoms. The van der Waals surface area contributed by atoms with E-state index < -0.39 is 0 Å². The predicted molar refractivity (Wildman–Crippen MR) is 77.7 cm³/mol. The molecule has 1 aliphatic rings. The molecule has 1 unspecified atom stereocenters. The summed E-state index contributed by atoms with van der Waals surface area (Å²) in [5.74, 6) is 0. The van der Waals surface area contributed by atoms with Crippen molar-refractivity contribution in [1.29, 1.82) is 0 Å². The summed E-state index contributed by atoms with van der Waals surface area (Å²) in [4.78, 5) is 2.46. The summed E-state index contributed by atoms with van der Waals surface area (Å²) >= 11 is 0. The quantitative estimate of drug-likeness (QED) is 0.884. The van der Waals surface area contributed by atoms with Gasteiger partial charge in [0.25, 0.3) is 0 Å². The van der Waals surface area contributed by atoms with Gasteiger partial charge in [-0.15, -0.1) is 0 Å². The number of hydrogen-bond acceptors (Lipinski definition) is 2. The summed E-state index contributed by atoms with van der Waals surface area (Å²) in [6.45, 7) is 5.26. The first-order valence-electron chi connectivity index (χ1n) is 7.11. The zero-order chi connectivity index (χ0) is 13.1. The number of benzene rings is 1. The standard InChI is InChI=1S/C16H26N2/c1-12-8-9-15(13(2)10-12)16(17)11-18(3)14-6-4-5-7-14/h8-10,14,16H,4-7,11,17H2,1-3H3. The summed E-state index contributed by atoms with van der Waals surface area (Å²) in [5, 5.41) is 0. The molecule has 2 nitrogen and oxygen atoms in total. The number of aryl methyl sites for hydroxylation is 2.